The van der Waals surface area contributed by atoms with E-state index in [-0.39, 0.29) is 5.56 Å². The van der Waals surface area contributed by atoms with Crippen LogP contribution in [0, 0.1) is 11.6 Å². The summed E-state index contributed by atoms with van der Waals surface area (Å²) in [5.41, 5.74) is 0.506. The third kappa shape index (κ3) is 3.13. The van der Waals surface area contributed by atoms with E-state index >= 15 is 0 Å². The van der Waals surface area contributed by atoms with Crippen molar-refractivity contribution in [3.63, 3.8) is 0 Å². The molecule has 0 spiro atoms. The van der Waals surface area contributed by atoms with Gasteiger partial charge in [-0.05, 0) is 0 Å². The van der Waals surface area contributed by atoms with Gasteiger partial charge in [-0.1, -0.05) is 0 Å². The van der Waals surface area contributed by atoms with Crippen molar-refractivity contribution in [3.8, 4) is 11.3 Å². The van der Waals surface area contributed by atoms with Crippen molar-refractivity contribution < 1.29 is 36.4 Å². The van der Waals surface area contributed by atoms with E-state index in [0.717, 1.165) is 6.07 Å². The summed E-state index contributed by atoms with van der Waals surface area (Å²) >= 11 is -1.54. The Morgan fingerprint density at radius 1 is 1.25 bits per heavy atom. The van der Waals surface area contributed by atoms with Gasteiger partial charge in [-0.15, -0.1) is 0 Å². The van der Waals surface area contributed by atoms with Gasteiger partial charge < -0.3 is 0 Å². The number of pyridine rings is 1. The Labute approximate surface area is 144 Å². The first-order chi connectivity index (χ1) is 11.5. The molecule has 1 aromatic carbocycles. The molecule has 0 fully saturated rings. The molecule has 1 atom stereocenters. The van der Waals surface area contributed by atoms with Gasteiger partial charge in [0.05, 0.1) is 0 Å². The van der Waals surface area contributed by atoms with Gasteiger partial charge in [0.15, 0.2) is 0 Å². The molecule has 0 amide bonds. The summed E-state index contributed by atoms with van der Waals surface area (Å²) in [5.74, 6) is -2.56. The van der Waals surface area contributed by atoms with E-state index < -0.39 is 39.3 Å². The van der Waals surface area contributed by atoms with Crippen molar-refractivity contribution in [1.82, 2.24) is 10.3 Å². The summed E-state index contributed by atoms with van der Waals surface area (Å²) in [6.07, 6.45) is 7.83. The van der Waals surface area contributed by atoms with E-state index in [2.05, 4.69) is 10.3 Å². The summed E-state index contributed by atoms with van der Waals surface area (Å²) in [7, 11) is 0. The van der Waals surface area contributed by atoms with Crippen LogP contribution in [0.4, 0.5) is 8.78 Å². The first-order valence-corrected chi connectivity index (χ1v) is 9.29. The average Bonchev–Trinajstić information content (AvgIpc) is 2.56. The van der Waals surface area contributed by atoms with Crippen molar-refractivity contribution in [2.45, 2.75) is 4.05 Å². The molecule has 0 saturated heterocycles. The van der Waals surface area contributed by atoms with Gasteiger partial charge in [-0.3, -0.25) is 0 Å². The molecule has 0 bridgehead atoms. The predicted octanol–water partition coefficient (Wildman–Crippen LogP) is 2.19. The van der Waals surface area contributed by atoms with Crippen LogP contribution in [0.5, 0.6) is 0 Å². The Hall–Kier alpha value is -2.37. The van der Waals surface area contributed by atoms with Gasteiger partial charge in [0, 0.05) is 0 Å². The number of nitrogens with zero attached hydrogens (tertiary/aromatic N) is 1. The van der Waals surface area contributed by atoms with Crippen molar-refractivity contribution in [2.75, 3.05) is 0 Å². The van der Waals surface area contributed by atoms with Crippen LogP contribution in [0.3, 0.4) is 0 Å². The minimum atomic E-state index is -1.54. The first-order valence-electron chi connectivity index (χ1n) is 6.89. The number of hydrogen-bond acceptors (Lipinski definition) is 3. The standard InChI is InChI=1S/C11H6F2N.C6H6NO2.Ir/c12-8-4-5-9(10(13)7-8)11-3-1-2-6-14-11;8-6(9)5-3-1-2-4-7-5;/h1-4,6-7H;1-4,7H,(H,8,9);. The molecule has 7 heteroatoms. The number of aliphatic carboxylic acids is 1. The summed E-state index contributed by atoms with van der Waals surface area (Å²) in [5, 5.41) is 12.5. The van der Waals surface area contributed by atoms with Crippen LogP contribution in [0.2, 0.25) is 0 Å². The molecule has 2 aromatic rings. The second-order valence-electron chi connectivity index (χ2n) is 4.86. The van der Waals surface area contributed by atoms with Crippen LogP contribution in [0.15, 0.2) is 61.0 Å². The van der Waals surface area contributed by atoms with Crippen LogP contribution < -0.4 is 9.39 Å². The summed E-state index contributed by atoms with van der Waals surface area (Å²) in [6.45, 7) is 0. The molecule has 24 heavy (non-hydrogen) atoms. The number of benzene rings is 1. The van der Waals surface area contributed by atoms with Gasteiger partial charge in [0.2, 0.25) is 0 Å². The van der Waals surface area contributed by atoms with Crippen LogP contribution in [0.25, 0.3) is 11.3 Å². The molecule has 125 valence electrons. The molecule has 1 unspecified atom stereocenters. The Kier molecular flexibility index (Phi) is 4.55. The molecule has 1 aliphatic heterocycles. The van der Waals surface area contributed by atoms with Gasteiger partial charge >= 0.3 is 145 Å². The number of rotatable bonds is 4. The van der Waals surface area contributed by atoms with Crippen LogP contribution in [-0.4, -0.2) is 20.1 Å². The van der Waals surface area contributed by atoms with Crippen molar-refractivity contribution in [3.05, 3.63) is 72.6 Å². The number of aromatic nitrogens is 1. The second kappa shape index (κ2) is 6.63. The van der Waals surface area contributed by atoms with E-state index in [1.54, 1.807) is 30.4 Å². The number of dihydropyridines is 1. The Morgan fingerprint density at radius 3 is 2.71 bits per heavy atom. The second-order valence-corrected chi connectivity index (χ2v) is 8.64. The first kappa shape index (κ1) is 16.5. The summed E-state index contributed by atoms with van der Waals surface area (Å²) in [6, 6.07) is 6.99. The van der Waals surface area contributed by atoms with E-state index in [1.165, 1.54) is 24.5 Å². The minimum absolute atomic E-state index is 0.155. The monoisotopic (exact) mass is 507 g/mol. The number of hydrogen-bond donors (Lipinski definition) is 2. The fraction of sp³-hybridized carbons (Fsp3) is 0.0588. The van der Waals surface area contributed by atoms with Gasteiger partial charge in [-0.25, -0.2) is 0 Å². The SMILES string of the molecule is O=C(O)[C]1([Ir][c]2cc(F)cc(F)c2-c2ccccn2)C=CC=CN1. The summed E-state index contributed by atoms with van der Waals surface area (Å²) in [4.78, 5) is 15.9. The van der Waals surface area contributed by atoms with Gasteiger partial charge in [0.1, 0.15) is 0 Å². The Balaban J connectivity index is 2.12. The molecule has 2 N–H and O–H groups in total. The van der Waals surface area contributed by atoms with Crippen molar-refractivity contribution >= 4 is 10.0 Å². The molecule has 0 radical (unpaired) electrons. The number of carboxylic acid groups (broad SMARTS) is 1. The van der Waals surface area contributed by atoms with Gasteiger partial charge in [-0.2, -0.15) is 0 Å². The number of allylic oxidation sites excluding steroid dienone is 2. The normalized spacial score (nSPS) is 19.2. The number of nitrogens with one attached hydrogen (secondary N) is 1. The van der Waals surface area contributed by atoms with E-state index in [4.69, 9.17) is 0 Å². The maximum atomic E-state index is 14.4. The zero-order valence-corrected chi connectivity index (χ0v) is 14.6. The fourth-order valence-corrected chi connectivity index (χ4v) is 5.63. The average molecular weight is 507 g/mol. The van der Waals surface area contributed by atoms with Crippen LogP contribution in [-0.2, 0) is 22.5 Å². The topological polar surface area (TPSA) is 62.2 Å². The molecule has 3 rings (SSSR count). The molecule has 0 saturated carbocycles. The summed E-state index contributed by atoms with van der Waals surface area (Å²) < 4.78 is 27.2. The molecule has 0 aliphatic carbocycles. The number of carbonyl (C=O) groups is 1. The number of carboxylic acids is 1. The molecule has 1 aliphatic rings. The molecule has 4 nitrogen and oxygen atoms in total. The van der Waals surface area contributed by atoms with E-state index in [9.17, 15) is 18.7 Å². The quantitative estimate of drug-likeness (QED) is 0.668. The Bertz CT molecular complexity index is 840. The van der Waals surface area contributed by atoms with Crippen molar-refractivity contribution in [2.24, 2.45) is 0 Å². The molecular formula is C17H12F2IrN2O2. The van der Waals surface area contributed by atoms with Crippen LogP contribution in [0.1, 0.15) is 0 Å². The molecule has 1 aromatic heterocycles. The zero-order chi connectivity index (χ0) is 17.2. The Morgan fingerprint density at radius 2 is 2.08 bits per heavy atom. The van der Waals surface area contributed by atoms with Crippen molar-refractivity contribution in [1.29, 1.82) is 0 Å². The van der Waals surface area contributed by atoms with Crippen LogP contribution >= 0.6 is 0 Å². The molecule has 2 heterocycles. The number of halogens is 2. The predicted molar refractivity (Wildman–Crippen MR) is 81.0 cm³/mol. The third-order valence-electron chi connectivity index (χ3n) is 3.25. The maximum absolute atomic E-state index is 14.4. The molecular weight excluding hydrogens is 494 g/mol. The van der Waals surface area contributed by atoms with Gasteiger partial charge in [0.25, 0.3) is 0 Å². The third-order valence-corrected chi connectivity index (χ3v) is 7.04. The van der Waals surface area contributed by atoms with E-state index in [1.807, 2.05) is 0 Å². The zero-order valence-electron chi connectivity index (χ0n) is 12.2. The fourth-order valence-electron chi connectivity index (χ4n) is 2.16. The van der Waals surface area contributed by atoms with E-state index in [0.29, 0.717) is 9.77 Å².